The predicted molar refractivity (Wildman–Crippen MR) is 58.2 cm³/mol. The number of benzene rings is 1. The molecule has 0 spiro atoms. The number of rotatable bonds is 4. The number of carbonyl (C=O) groups excluding carboxylic acids is 2. The van der Waals surface area contributed by atoms with Gasteiger partial charge in [0.2, 0.25) is 0 Å². The summed E-state index contributed by atoms with van der Waals surface area (Å²) in [4.78, 5) is 22.7. The van der Waals surface area contributed by atoms with Gasteiger partial charge in [0.15, 0.2) is 12.4 Å². The third kappa shape index (κ3) is 3.08. The Balaban J connectivity index is 2.60. The van der Waals surface area contributed by atoms with Crippen molar-refractivity contribution < 1.29 is 19.4 Å². The Bertz CT molecular complexity index is 396. The summed E-state index contributed by atoms with van der Waals surface area (Å²) in [6.45, 7) is 3.21. The fourth-order valence-corrected chi connectivity index (χ4v) is 1.03. The molecule has 4 nitrogen and oxygen atoms in total. The van der Waals surface area contributed by atoms with Gasteiger partial charge in [-0.3, -0.25) is 4.79 Å². The van der Waals surface area contributed by atoms with Crippen LogP contribution in [0.15, 0.2) is 24.3 Å². The first-order valence-electron chi connectivity index (χ1n) is 5.00. The summed E-state index contributed by atoms with van der Waals surface area (Å²) in [5, 5.41) is 9.37. The smallest absolute Gasteiger partial charge is 0.342 e. The Morgan fingerprint density at radius 1 is 1.31 bits per heavy atom. The zero-order valence-electron chi connectivity index (χ0n) is 9.27. The lowest BCUT2D eigenvalue weighted by atomic mass is 10.1. The van der Waals surface area contributed by atoms with Crippen molar-refractivity contribution in [1.29, 1.82) is 0 Å². The van der Waals surface area contributed by atoms with Crippen molar-refractivity contribution in [2.75, 3.05) is 6.61 Å². The van der Waals surface area contributed by atoms with Crippen LogP contribution in [0.2, 0.25) is 0 Å². The molecule has 16 heavy (non-hydrogen) atoms. The molecule has 0 aliphatic rings. The highest BCUT2D eigenvalue weighted by Gasteiger charge is 2.14. The molecular weight excluding hydrogens is 208 g/mol. The third-order valence-corrected chi connectivity index (χ3v) is 2.11. The molecule has 0 fully saturated rings. The maximum Gasteiger partial charge on any atom is 0.342 e. The number of ether oxygens (including phenoxy) is 1. The Labute approximate surface area is 93.9 Å². The maximum absolute atomic E-state index is 11.5. The number of hydrogen-bond donors (Lipinski definition) is 1. The quantitative estimate of drug-likeness (QED) is 0.788. The van der Waals surface area contributed by atoms with Crippen molar-refractivity contribution in [3.05, 3.63) is 29.8 Å². The molecule has 1 aromatic carbocycles. The third-order valence-electron chi connectivity index (χ3n) is 2.11. The predicted octanol–water partition coefficient (Wildman–Crippen LogP) is 1.77. The van der Waals surface area contributed by atoms with Gasteiger partial charge in [0.05, 0.1) is 0 Å². The van der Waals surface area contributed by atoms with E-state index in [0.29, 0.717) is 0 Å². The molecule has 4 heteroatoms. The zero-order chi connectivity index (χ0) is 12.1. The number of para-hydroxylation sites is 1. The summed E-state index contributed by atoms with van der Waals surface area (Å²) in [6, 6.07) is 6.05. The van der Waals surface area contributed by atoms with E-state index in [1.54, 1.807) is 26.0 Å². The van der Waals surface area contributed by atoms with Crippen LogP contribution in [0, 0.1) is 5.92 Å². The molecule has 0 aromatic heterocycles. The van der Waals surface area contributed by atoms with Gasteiger partial charge in [-0.25, -0.2) is 4.79 Å². The molecule has 1 rings (SSSR count). The first-order chi connectivity index (χ1) is 7.52. The fraction of sp³-hybridized carbons (Fsp3) is 0.333. The number of ketones is 1. The first kappa shape index (κ1) is 12.2. The molecule has 0 heterocycles. The van der Waals surface area contributed by atoms with Crippen LogP contribution >= 0.6 is 0 Å². The fourth-order valence-electron chi connectivity index (χ4n) is 1.03. The van der Waals surface area contributed by atoms with Gasteiger partial charge in [-0.2, -0.15) is 0 Å². The van der Waals surface area contributed by atoms with Crippen molar-refractivity contribution >= 4 is 11.8 Å². The number of phenolic OH excluding ortho intramolecular Hbond substituents is 1. The van der Waals surface area contributed by atoms with E-state index in [1.807, 2.05) is 0 Å². The highest BCUT2D eigenvalue weighted by atomic mass is 16.5. The van der Waals surface area contributed by atoms with Gasteiger partial charge in [-0.15, -0.1) is 0 Å². The summed E-state index contributed by atoms with van der Waals surface area (Å²) < 4.78 is 4.78. The second-order valence-corrected chi connectivity index (χ2v) is 3.71. The highest BCUT2D eigenvalue weighted by Crippen LogP contribution is 2.16. The van der Waals surface area contributed by atoms with E-state index in [0.717, 1.165) is 0 Å². The minimum absolute atomic E-state index is 0.0686. The number of hydrogen-bond acceptors (Lipinski definition) is 4. The second-order valence-electron chi connectivity index (χ2n) is 3.71. The summed E-state index contributed by atoms with van der Waals surface area (Å²) in [5.41, 5.74) is 0.0686. The average Bonchev–Trinajstić information content (AvgIpc) is 2.25. The summed E-state index contributed by atoms with van der Waals surface area (Å²) in [7, 11) is 0. The van der Waals surface area contributed by atoms with Crippen LogP contribution in [-0.4, -0.2) is 23.5 Å². The lowest BCUT2D eigenvalue weighted by Crippen LogP contribution is -2.18. The van der Waals surface area contributed by atoms with Crippen LogP contribution in [0.4, 0.5) is 0 Å². The molecule has 0 unspecified atom stereocenters. The molecule has 0 aliphatic carbocycles. The number of esters is 1. The molecule has 1 N–H and O–H groups in total. The summed E-state index contributed by atoms with van der Waals surface area (Å²) >= 11 is 0. The van der Waals surface area contributed by atoms with E-state index in [9.17, 15) is 14.7 Å². The minimum Gasteiger partial charge on any atom is -0.507 e. The first-order valence-corrected chi connectivity index (χ1v) is 5.00. The van der Waals surface area contributed by atoms with Crippen LogP contribution in [0.3, 0.4) is 0 Å². The lowest BCUT2D eigenvalue weighted by molar-refractivity contribution is -0.125. The van der Waals surface area contributed by atoms with E-state index in [-0.39, 0.29) is 29.6 Å². The van der Waals surface area contributed by atoms with Crippen molar-refractivity contribution in [2.45, 2.75) is 13.8 Å². The molecule has 1 aromatic rings. The molecule has 0 radical (unpaired) electrons. The van der Waals surface area contributed by atoms with Crippen molar-refractivity contribution in [3.8, 4) is 5.75 Å². The Kier molecular flexibility index (Phi) is 4.05. The van der Waals surface area contributed by atoms with Crippen LogP contribution in [-0.2, 0) is 9.53 Å². The average molecular weight is 222 g/mol. The molecule has 0 saturated heterocycles. The number of Topliss-reactive ketones (excluding diaryl/α,β-unsaturated/α-hetero) is 1. The molecule has 86 valence electrons. The standard InChI is InChI=1S/C12H14O4/c1-8(2)11(14)7-16-12(15)9-5-3-4-6-10(9)13/h3-6,8,13H,7H2,1-2H3. The SMILES string of the molecule is CC(C)C(=O)COC(=O)c1ccccc1O. The maximum atomic E-state index is 11.5. The van der Waals surface area contributed by atoms with E-state index >= 15 is 0 Å². The highest BCUT2D eigenvalue weighted by molar-refractivity contribution is 5.94. The van der Waals surface area contributed by atoms with Crippen molar-refractivity contribution in [1.82, 2.24) is 0 Å². The minimum atomic E-state index is -0.688. The lowest BCUT2D eigenvalue weighted by Gasteiger charge is -2.06. The summed E-state index contributed by atoms with van der Waals surface area (Å²) in [6.07, 6.45) is 0. The van der Waals surface area contributed by atoms with Crippen molar-refractivity contribution in [3.63, 3.8) is 0 Å². The monoisotopic (exact) mass is 222 g/mol. The topological polar surface area (TPSA) is 63.6 Å². The van der Waals surface area contributed by atoms with Gasteiger partial charge < -0.3 is 9.84 Å². The molecule has 0 atom stereocenters. The Morgan fingerprint density at radius 3 is 2.50 bits per heavy atom. The molecule has 0 amide bonds. The number of carbonyl (C=O) groups is 2. The van der Waals surface area contributed by atoms with E-state index in [2.05, 4.69) is 0 Å². The summed E-state index contributed by atoms with van der Waals surface area (Å²) in [5.74, 6) is -1.16. The van der Waals surface area contributed by atoms with E-state index in [1.165, 1.54) is 12.1 Å². The van der Waals surface area contributed by atoms with Gasteiger partial charge in [0, 0.05) is 5.92 Å². The molecule has 0 bridgehead atoms. The Hall–Kier alpha value is -1.84. The largest absolute Gasteiger partial charge is 0.507 e. The van der Waals surface area contributed by atoms with Crippen LogP contribution in [0.1, 0.15) is 24.2 Å². The van der Waals surface area contributed by atoms with Gasteiger partial charge in [-0.05, 0) is 12.1 Å². The van der Waals surface area contributed by atoms with Crippen molar-refractivity contribution in [2.24, 2.45) is 5.92 Å². The van der Waals surface area contributed by atoms with Gasteiger partial charge in [0.1, 0.15) is 11.3 Å². The van der Waals surface area contributed by atoms with Gasteiger partial charge in [-0.1, -0.05) is 26.0 Å². The zero-order valence-corrected chi connectivity index (χ0v) is 9.27. The Morgan fingerprint density at radius 2 is 1.94 bits per heavy atom. The number of aromatic hydroxyl groups is 1. The number of phenols is 1. The van der Waals surface area contributed by atoms with E-state index in [4.69, 9.17) is 4.74 Å². The van der Waals surface area contributed by atoms with Crippen LogP contribution < -0.4 is 0 Å². The molecular formula is C12H14O4. The second kappa shape index (κ2) is 5.30. The van der Waals surface area contributed by atoms with Gasteiger partial charge in [0.25, 0.3) is 0 Å². The van der Waals surface area contributed by atoms with Crippen LogP contribution in [0.5, 0.6) is 5.75 Å². The van der Waals surface area contributed by atoms with E-state index < -0.39 is 5.97 Å². The van der Waals surface area contributed by atoms with Crippen LogP contribution in [0.25, 0.3) is 0 Å². The molecule has 0 saturated carbocycles. The molecule has 0 aliphatic heterocycles. The van der Waals surface area contributed by atoms with Gasteiger partial charge >= 0.3 is 5.97 Å². The normalized spacial score (nSPS) is 10.2.